The van der Waals surface area contributed by atoms with Crippen molar-refractivity contribution in [3.05, 3.63) is 77.8 Å². The van der Waals surface area contributed by atoms with E-state index in [2.05, 4.69) is 25.7 Å². The van der Waals surface area contributed by atoms with Crippen molar-refractivity contribution in [2.24, 2.45) is 0 Å². The molecule has 130 valence electrons. The predicted molar refractivity (Wildman–Crippen MR) is 93.8 cm³/mol. The molecule has 7 nitrogen and oxygen atoms in total. The molecule has 4 rings (SSSR count). The van der Waals surface area contributed by atoms with Crippen LogP contribution in [0.5, 0.6) is 0 Å². The van der Waals surface area contributed by atoms with E-state index in [-0.39, 0.29) is 11.7 Å². The van der Waals surface area contributed by atoms with Crippen molar-refractivity contribution in [1.82, 2.24) is 19.7 Å². The fraction of sp³-hybridized carbons (Fsp3) is 0.111. The predicted octanol–water partition coefficient (Wildman–Crippen LogP) is 2.74. The fourth-order valence-corrected chi connectivity index (χ4v) is 2.96. The summed E-state index contributed by atoms with van der Waals surface area (Å²) in [6.45, 7) is 1.81. The van der Waals surface area contributed by atoms with Crippen molar-refractivity contribution in [2.45, 2.75) is 13.0 Å². The molecule has 1 aliphatic heterocycles. The number of pyridine rings is 1. The first kappa shape index (κ1) is 15.9. The van der Waals surface area contributed by atoms with Gasteiger partial charge in [0.15, 0.2) is 0 Å². The maximum Gasteiger partial charge on any atom is 0.255 e. The lowest BCUT2D eigenvalue weighted by atomic mass is 9.96. The third-order valence-corrected chi connectivity index (χ3v) is 4.14. The van der Waals surface area contributed by atoms with Crippen molar-refractivity contribution < 1.29 is 9.18 Å². The summed E-state index contributed by atoms with van der Waals surface area (Å²) in [5.41, 5.74) is 2.47. The number of hydrogen-bond donors (Lipinski definition) is 2. The van der Waals surface area contributed by atoms with Crippen LogP contribution in [0.1, 0.15) is 18.5 Å². The monoisotopic (exact) mass is 350 g/mol. The zero-order valence-electron chi connectivity index (χ0n) is 13.8. The molecule has 2 N–H and O–H groups in total. The SMILES string of the molecule is CC1=C(C(=O)Nc2ccc(F)cc2)[C@@H](c2cccnc2)n2ncnc2N1. The first-order valence-corrected chi connectivity index (χ1v) is 7.97. The molecule has 0 fully saturated rings. The fourth-order valence-electron chi connectivity index (χ4n) is 2.96. The number of hydrogen-bond acceptors (Lipinski definition) is 5. The molecule has 8 heteroatoms. The van der Waals surface area contributed by atoms with E-state index in [1.165, 1.54) is 30.6 Å². The molecule has 0 aliphatic carbocycles. The molecule has 0 radical (unpaired) electrons. The van der Waals surface area contributed by atoms with Gasteiger partial charge in [-0.2, -0.15) is 10.1 Å². The number of carbonyl (C=O) groups is 1. The van der Waals surface area contributed by atoms with E-state index in [1.54, 1.807) is 30.1 Å². The zero-order valence-corrected chi connectivity index (χ0v) is 13.8. The van der Waals surface area contributed by atoms with Gasteiger partial charge in [0, 0.05) is 23.8 Å². The first-order chi connectivity index (χ1) is 12.6. The number of anilines is 2. The van der Waals surface area contributed by atoms with Crippen molar-refractivity contribution in [2.75, 3.05) is 10.6 Å². The van der Waals surface area contributed by atoms with E-state index in [4.69, 9.17) is 0 Å². The van der Waals surface area contributed by atoms with Gasteiger partial charge in [0.25, 0.3) is 5.91 Å². The van der Waals surface area contributed by atoms with Gasteiger partial charge in [-0.05, 0) is 42.8 Å². The lowest BCUT2D eigenvalue weighted by molar-refractivity contribution is -0.113. The molecule has 3 heterocycles. The van der Waals surface area contributed by atoms with E-state index >= 15 is 0 Å². The van der Waals surface area contributed by atoms with E-state index in [0.29, 0.717) is 22.9 Å². The average molecular weight is 350 g/mol. The largest absolute Gasteiger partial charge is 0.328 e. The lowest BCUT2D eigenvalue weighted by Gasteiger charge is -2.28. The Balaban J connectivity index is 1.74. The van der Waals surface area contributed by atoms with Crippen LogP contribution in [0.3, 0.4) is 0 Å². The Kier molecular flexibility index (Phi) is 3.92. The molecule has 0 bridgehead atoms. The maximum atomic E-state index is 13.1. The summed E-state index contributed by atoms with van der Waals surface area (Å²) in [6.07, 6.45) is 4.79. The van der Waals surface area contributed by atoms with Crippen LogP contribution in [0.4, 0.5) is 16.0 Å². The Hall–Kier alpha value is -3.55. The van der Waals surface area contributed by atoms with Gasteiger partial charge in [-0.25, -0.2) is 9.07 Å². The van der Waals surface area contributed by atoms with Crippen LogP contribution < -0.4 is 10.6 Å². The second kappa shape index (κ2) is 6.40. The average Bonchev–Trinajstić information content (AvgIpc) is 3.11. The van der Waals surface area contributed by atoms with Gasteiger partial charge in [-0.15, -0.1) is 0 Å². The van der Waals surface area contributed by atoms with Gasteiger partial charge in [0.2, 0.25) is 5.95 Å². The highest BCUT2D eigenvalue weighted by Gasteiger charge is 2.33. The summed E-state index contributed by atoms with van der Waals surface area (Å²) in [6, 6.07) is 8.83. The van der Waals surface area contributed by atoms with Gasteiger partial charge < -0.3 is 10.6 Å². The summed E-state index contributed by atoms with van der Waals surface area (Å²) >= 11 is 0. The number of rotatable bonds is 3. The highest BCUT2D eigenvalue weighted by atomic mass is 19.1. The van der Waals surface area contributed by atoms with Crippen molar-refractivity contribution in [1.29, 1.82) is 0 Å². The maximum absolute atomic E-state index is 13.1. The molecular weight excluding hydrogens is 335 g/mol. The number of amides is 1. The van der Waals surface area contributed by atoms with Crippen LogP contribution in [0, 0.1) is 5.82 Å². The second-order valence-corrected chi connectivity index (χ2v) is 5.84. The number of benzene rings is 1. The Bertz CT molecular complexity index is 980. The van der Waals surface area contributed by atoms with Crippen LogP contribution in [0.25, 0.3) is 0 Å². The number of aromatic nitrogens is 4. The van der Waals surface area contributed by atoms with Crippen molar-refractivity contribution in [3.63, 3.8) is 0 Å². The molecule has 1 aliphatic rings. The minimum atomic E-state index is -0.470. The minimum Gasteiger partial charge on any atom is -0.328 e. The summed E-state index contributed by atoms with van der Waals surface area (Å²) in [4.78, 5) is 21.3. The number of allylic oxidation sites excluding steroid dienone is 1. The number of halogens is 1. The Morgan fingerprint density at radius 1 is 1.27 bits per heavy atom. The highest BCUT2D eigenvalue weighted by molar-refractivity contribution is 6.05. The molecule has 0 saturated heterocycles. The van der Waals surface area contributed by atoms with Crippen LogP contribution in [0.15, 0.2) is 66.4 Å². The topological polar surface area (TPSA) is 84.7 Å². The molecule has 0 spiro atoms. The number of fused-ring (bicyclic) bond motifs is 1. The first-order valence-electron chi connectivity index (χ1n) is 7.97. The summed E-state index contributed by atoms with van der Waals surface area (Å²) in [7, 11) is 0. The third kappa shape index (κ3) is 2.81. The van der Waals surface area contributed by atoms with Crippen LogP contribution >= 0.6 is 0 Å². The lowest BCUT2D eigenvalue weighted by Crippen LogP contribution is -2.31. The molecular formula is C18H15FN6O. The smallest absolute Gasteiger partial charge is 0.255 e. The van der Waals surface area contributed by atoms with Gasteiger partial charge in [0.05, 0.1) is 5.57 Å². The number of carbonyl (C=O) groups excluding carboxylic acids is 1. The molecule has 3 aromatic rings. The number of nitrogens with zero attached hydrogens (tertiary/aromatic N) is 4. The van der Waals surface area contributed by atoms with E-state index in [1.807, 2.05) is 6.07 Å². The Labute approximate surface area is 148 Å². The molecule has 0 saturated carbocycles. The van der Waals surface area contributed by atoms with Crippen LogP contribution in [-0.2, 0) is 4.79 Å². The Morgan fingerprint density at radius 3 is 2.81 bits per heavy atom. The summed E-state index contributed by atoms with van der Waals surface area (Å²) < 4.78 is 14.7. The van der Waals surface area contributed by atoms with Crippen molar-refractivity contribution in [3.8, 4) is 0 Å². The Morgan fingerprint density at radius 2 is 2.08 bits per heavy atom. The summed E-state index contributed by atoms with van der Waals surface area (Å²) in [5, 5.41) is 10.2. The quantitative estimate of drug-likeness (QED) is 0.759. The minimum absolute atomic E-state index is 0.309. The second-order valence-electron chi connectivity index (χ2n) is 5.84. The molecule has 2 aromatic heterocycles. The number of nitrogens with one attached hydrogen (secondary N) is 2. The highest BCUT2D eigenvalue weighted by Crippen LogP contribution is 2.34. The van der Waals surface area contributed by atoms with Crippen molar-refractivity contribution >= 4 is 17.5 Å². The molecule has 26 heavy (non-hydrogen) atoms. The van der Waals surface area contributed by atoms with Gasteiger partial charge in [-0.3, -0.25) is 9.78 Å². The van der Waals surface area contributed by atoms with Crippen LogP contribution in [-0.4, -0.2) is 25.7 Å². The molecule has 1 aromatic carbocycles. The zero-order chi connectivity index (χ0) is 18.1. The molecule has 1 amide bonds. The standard InChI is InChI=1S/C18H15FN6O/c1-11-15(17(26)24-14-6-4-13(19)5-7-14)16(12-3-2-8-20-9-12)25-18(23-11)21-10-22-25/h2-10,16H,1H3,(H,24,26)(H,21,22,23)/t16-/m1/s1. The van der Waals surface area contributed by atoms with E-state index < -0.39 is 6.04 Å². The molecule has 0 unspecified atom stereocenters. The third-order valence-electron chi connectivity index (χ3n) is 4.14. The van der Waals surface area contributed by atoms with E-state index in [9.17, 15) is 9.18 Å². The van der Waals surface area contributed by atoms with E-state index in [0.717, 1.165) is 5.56 Å². The molecule has 1 atom stereocenters. The van der Waals surface area contributed by atoms with Crippen LogP contribution in [0.2, 0.25) is 0 Å². The normalized spacial score (nSPS) is 16.0. The summed E-state index contributed by atoms with van der Waals surface area (Å²) in [5.74, 6) is -0.121. The van der Waals surface area contributed by atoms with Gasteiger partial charge >= 0.3 is 0 Å². The van der Waals surface area contributed by atoms with Gasteiger partial charge in [0.1, 0.15) is 18.2 Å². The van der Waals surface area contributed by atoms with Gasteiger partial charge in [-0.1, -0.05) is 6.07 Å².